The van der Waals surface area contributed by atoms with Crippen molar-refractivity contribution in [1.82, 2.24) is 4.90 Å². The molecule has 5 atom stereocenters. The van der Waals surface area contributed by atoms with Gasteiger partial charge >= 0.3 is 6.09 Å². The van der Waals surface area contributed by atoms with E-state index in [0.717, 1.165) is 32.1 Å². The van der Waals surface area contributed by atoms with E-state index in [1.165, 1.54) is 37.0 Å². The number of aliphatic hydroxyl groups excluding tert-OH is 5. The van der Waals surface area contributed by atoms with Gasteiger partial charge in [0.15, 0.2) is 0 Å². The molecule has 0 spiro atoms. The number of unbranched alkanes of at least 4 members (excludes halogenated alkanes) is 8. The molecule has 186 valence electrons. The van der Waals surface area contributed by atoms with E-state index in [0.29, 0.717) is 13.0 Å². The summed E-state index contributed by atoms with van der Waals surface area (Å²) in [5.74, 6) is 0. The summed E-state index contributed by atoms with van der Waals surface area (Å²) in [6.07, 6.45) is 4.63. The average Bonchev–Trinajstić information content (AvgIpc) is 2.77. The van der Waals surface area contributed by atoms with E-state index in [2.05, 4.69) is 6.92 Å². The molecule has 0 heterocycles. The van der Waals surface area contributed by atoms with Crippen molar-refractivity contribution in [3.05, 3.63) is 0 Å². The molecule has 0 rings (SSSR count). The Morgan fingerprint density at radius 3 is 1.87 bits per heavy atom. The van der Waals surface area contributed by atoms with Gasteiger partial charge in [-0.15, -0.1) is 0 Å². The number of nitrogens with zero attached hydrogens (tertiary/aromatic N) is 1. The second kappa shape index (κ2) is 18.6. The van der Waals surface area contributed by atoms with Crippen LogP contribution in [0.15, 0.2) is 0 Å². The highest BCUT2D eigenvalue weighted by atomic mass is 16.6. The van der Waals surface area contributed by atoms with Gasteiger partial charge in [-0.05, 0) is 19.8 Å². The maximum atomic E-state index is 12.6. The van der Waals surface area contributed by atoms with Crippen LogP contribution in [0.5, 0.6) is 0 Å². The Hall–Kier alpha value is -0.930. The van der Waals surface area contributed by atoms with E-state index in [9.17, 15) is 25.2 Å². The van der Waals surface area contributed by atoms with Gasteiger partial charge in [0.05, 0.1) is 19.8 Å². The molecule has 8 heteroatoms. The lowest BCUT2D eigenvalue weighted by Crippen LogP contribution is -2.52. The molecule has 0 bridgehead atoms. The van der Waals surface area contributed by atoms with Gasteiger partial charge < -0.3 is 35.2 Å². The third kappa shape index (κ3) is 13.3. The molecule has 31 heavy (non-hydrogen) atoms. The van der Waals surface area contributed by atoms with E-state index in [1.54, 1.807) is 0 Å². The second-order valence-corrected chi connectivity index (χ2v) is 8.53. The van der Waals surface area contributed by atoms with Crippen molar-refractivity contribution in [2.24, 2.45) is 0 Å². The maximum Gasteiger partial charge on any atom is 0.410 e. The Morgan fingerprint density at radius 2 is 1.32 bits per heavy atom. The first kappa shape index (κ1) is 30.1. The van der Waals surface area contributed by atoms with Gasteiger partial charge in [0.25, 0.3) is 0 Å². The summed E-state index contributed by atoms with van der Waals surface area (Å²) in [7, 11) is 0. The molecule has 0 aromatic rings. The van der Waals surface area contributed by atoms with Crippen molar-refractivity contribution >= 4 is 6.09 Å². The fourth-order valence-electron chi connectivity index (χ4n) is 3.44. The quantitative estimate of drug-likeness (QED) is 0.192. The molecule has 8 nitrogen and oxygen atoms in total. The molecule has 1 amide bonds. The highest BCUT2D eigenvalue weighted by Crippen LogP contribution is 2.15. The first-order chi connectivity index (χ1) is 14.8. The number of hydrogen-bond donors (Lipinski definition) is 5. The zero-order chi connectivity index (χ0) is 23.6. The molecule has 0 aliphatic rings. The number of hydrogen-bond acceptors (Lipinski definition) is 7. The summed E-state index contributed by atoms with van der Waals surface area (Å²) in [5.41, 5.74) is 0. The van der Waals surface area contributed by atoms with Crippen molar-refractivity contribution < 1.29 is 35.1 Å². The second-order valence-electron chi connectivity index (χ2n) is 8.53. The van der Waals surface area contributed by atoms with Crippen molar-refractivity contribution in [1.29, 1.82) is 0 Å². The van der Waals surface area contributed by atoms with E-state index in [-0.39, 0.29) is 12.6 Å². The van der Waals surface area contributed by atoms with Crippen LogP contribution in [0, 0.1) is 0 Å². The number of carbonyl (C=O) groups excluding carboxylic acids is 1. The topological polar surface area (TPSA) is 131 Å². The van der Waals surface area contributed by atoms with E-state index >= 15 is 0 Å². The third-order valence-corrected chi connectivity index (χ3v) is 5.67. The lowest BCUT2D eigenvalue weighted by molar-refractivity contribution is -0.119. The number of amides is 1. The van der Waals surface area contributed by atoms with Crippen molar-refractivity contribution in [3.8, 4) is 0 Å². The summed E-state index contributed by atoms with van der Waals surface area (Å²) < 4.78 is 5.40. The first-order valence-electron chi connectivity index (χ1n) is 12.1. The first-order valence-corrected chi connectivity index (χ1v) is 12.1. The van der Waals surface area contributed by atoms with Gasteiger partial charge in [-0.25, -0.2) is 4.79 Å². The van der Waals surface area contributed by atoms with Crippen LogP contribution in [0.4, 0.5) is 4.79 Å². The fraction of sp³-hybridized carbons (Fsp3) is 0.957. The van der Waals surface area contributed by atoms with Crippen molar-refractivity contribution in [2.45, 2.75) is 122 Å². The van der Waals surface area contributed by atoms with Crippen LogP contribution in [0.1, 0.15) is 91.4 Å². The molecule has 1 unspecified atom stereocenters. The number of carbonyl (C=O) groups is 1. The maximum absolute atomic E-state index is 12.6. The minimum Gasteiger partial charge on any atom is -0.449 e. The molecule has 0 radical (unpaired) electrons. The van der Waals surface area contributed by atoms with Crippen LogP contribution >= 0.6 is 0 Å². The van der Waals surface area contributed by atoms with E-state index in [4.69, 9.17) is 9.84 Å². The molecule has 0 saturated heterocycles. The normalized spacial score (nSPS) is 16.4. The zero-order valence-electron chi connectivity index (χ0n) is 19.8. The van der Waals surface area contributed by atoms with Crippen LogP contribution in [0.3, 0.4) is 0 Å². The summed E-state index contributed by atoms with van der Waals surface area (Å²) in [6, 6.07) is -0.215. The summed E-state index contributed by atoms with van der Waals surface area (Å²) >= 11 is 0. The van der Waals surface area contributed by atoms with Crippen molar-refractivity contribution in [2.75, 3.05) is 19.8 Å². The van der Waals surface area contributed by atoms with E-state index in [1.807, 2.05) is 13.8 Å². The zero-order valence-corrected chi connectivity index (χ0v) is 19.8. The van der Waals surface area contributed by atoms with Crippen LogP contribution < -0.4 is 0 Å². The predicted molar refractivity (Wildman–Crippen MR) is 121 cm³/mol. The van der Waals surface area contributed by atoms with Gasteiger partial charge in [-0.1, -0.05) is 71.6 Å². The molecule has 0 aromatic heterocycles. The van der Waals surface area contributed by atoms with Gasteiger partial charge in [0.2, 0.25) is 0 Å². The number of ether oxygens (including phenoxy) is 1. The van der Waals surface area contributed by atoms with Crippen molar-refractivity contribution in [3.63, 3.8) is 0 Å². The SMILES string of the molecule is CCCCCCCCCCOC(=O)N(C[C@H](O)[C@@H](O)[C@H](O)[C@H](O)CO)C(C)CCCC. The van der Waals surface area contributed by atoms with Crippen LogP contribution in [-0.2, 0) is 4.74 Å². The largest absolute Gasteiger partial charge is 0.449 e. The number of rotatable bonds is 19. The van der Waals surface area contributed by atoms with Gasteiger partial charge in [-0.2, -0.15) is 0 Å². The average molecular weight is 450 g/mol. The molecular weight excluding hydrogens is 402 g/mol. The monoisotopic (exact) mass is 449 g/mol. The summed E-state index contributed by atoms with van der Waals surface area (Å²) in [6.45, 7) is 5.41. The van der Waals surface area contributed by atoms with Gasteiger partial charge in [0, 0.05) is 6.04 Å². The lowest BCUT2D eigenvalue weighted by Gasteiger charge is -2.33. The summed E-state index contributed by atoms with van der Waals surface area (Å²) in [5, 5.41) is 48.6. The van der Waals surface area contributed by atoms with Gasteiger partial charge in [-0.3, -0.25) is 0 Å². The minimum atomic E-state index is -1.72. The Balaban J connectivity index is 4.59. The van der Waals surface area contributed by atoms with Crippen LogP contribution in [-0.4, -0.2) is 86.7 Å². The van der Waals surface area contributed by atoms with Crippen LogP contribution in [0.25, 0.3) is 0 Å². The standard InChI is InChI=1S/C23H47NO7/c1-4-6-8-9-10-11-12-13-15-31-23(30)24(18(3)14-7-5-2)16-19(26)21(28)22(29)20(27)17-25/h18-22,25-29H,4-17H2,1-3H3/t18?,19-,20+,21+,22+/m0/s1. The minimum absolute atomic E-state index is 0.215. The van der Waals surface area contributed by atoms with E-state index < -0.39 is 37.1 Å². The molecular formula is C23H47NO7. The van der Waals surface area contributed by atoms with Crippen LogP contribution in [0.2, 0.25) is 0 Å². The Labute approximate surface area is 188 Å². The van der Waals surface area contributed by atoms with Gasteiger partial charge in [0.1, 0.15) is 24.4 Å². The molecule has 0 aliphatic heterocycles. The Kier molecular flexibility index (Phi) is 18.1. The third-order valence-electron chi connectivity index (χ3n) is 5.67. The fourth-order valence-corrected chi connectivity index (χ4v) is 3.44. The summed E-state index contributed by atoms with van der Waals surface area (Å²) in [4.78, 5) is 14.0. The Bertz CT molecular complexity index is 438. The molecule has 0 fully saturated rings. The molecule has 0 saturated carbocycles. The highest BCUT2D eigenvalue weighted by molar-refractivity contribution is 5.68. The molecule has 0 aliphatic carbocycles. The molecule has 5 N–H and O–H groups in total. The predicted octanol–water partition coefficient (Wildman–Crippen LogP) is 2.58. The Morgan fingerprint density at radius 1 is 0.806 bits per heavy atom. The lowest BCUT2D eigenvalue weighted by atomic mass is 10.0. The number of aliphatic hydroxyl groups is 5. The highest BCUT2D eigenvalue weighted by Gasteiger charge is 2.33. The molecule has 0 aromatic carbocycles. The smallest absolute Gasteiger partial charge is 0.410 e.